The van der Waals surface area contributed by atoms with Gasteiger partial charge in [-0.2, -0.15) is 0 Å². The maximum atomic E-state index is 12.7. The number of aryl methyl sites for hydroxylation is 1. The van der Waals surface area contributed by atoms with Crippen LogP contribution >= 0.6 is 0 Å². The van der Waals surface area contributed by atoms with Crippen LogP contribution in [0.25, 0.3) is 10.9 Å². The summed E-state index contributed by atoms with van der Waals surface area (Å²) in [7, 11) is 3.47. The van der Waals surface area contributed by atoms with Gasteiger partial charge in [-0.3, -0.25) is 4.79 Å². The Hall–Kier alpha value is -2.09. The van der Waals surface area contributed by atoms with E-state index in [1.165, 1.54) is 0 Å². The summed E-state index contributed by atoms with van der Waals surface area (Å²) in [4.78, 5) is 12.7. The lowest BCUT2D eigenvalue weighted by atomic mass is 10.1. The third-order valence-corrected chi connectivity index (χ3v) is 4.83. The summed E-state index contributed by atoms with van der Waals surface area (Å²) in [5.74, 6) is 0.562. The second kappa shape index (κ2) is 5.77. The van der Waals surface area contributed by atoms with Crippen LogP contribution in [0.4, 0.5) is 0 Å². The molecule has 2 saturated heterocycles. The largest absolute Gasteiger partial charge is 0.497 e. The minimum absolute atomic E-state index is 0.188. The summed E-state index contributed by atoms with van der Waals surface area (Å²) in [6.45, 7) is 0.589. The highest BCUT2D eigenvalue weighted by atomic mass is 16.6. The Balaban J connectivity index is 1.56. The van der Waals surface area contributed by atoms with Crippen LogP contribution < -0.4 is 10.1 Å². The number of fused-ring (bicyclic) bond motifs is 2. The molecule has 4 atom stereocenters. The van der Waals surface area contributed by atoms with Crippen molar-refractivity contribution in [2.24, 2.45) is 7.05 Å². The lowest BCUT2D eigenvalue weighted by Crippen LogP contribution is -2.44. The van der Waals surface area contributed by atoms with E-state index in [1.807, 2.05) is 35.9 Å². The molecule has 2 fully saturated rings. The summed E-state index contributed by atoms with van der Waals surface area (Å²) < 4.78 is 18.2. The van der Waals surface area contributed by atoms with Crippen LogP contribution in [0, 0.1) is 0 Å². The van der Waals surface area contributed by atoms with Gasteiger partial charge < -0.3 is 29.2 Å². The number of rotatable bonds is 3. The van der Waals surface area contributed by atoms with Gasteiger partial charge in [0.05, 0.1) is 26.4 Å². The van der Waals surface area contributed by atoms with Gasteiger partial charge >= 0.3 is 0 Å². The lowest BCUT2D eigenvalue weighted by Gasteiger charge is -2.17. The fourth-order valence-corrected chi connectivity index (χ4v) is 3.52. The summed E-state index contributed by atoms with van der Waals surface area (Å²) in [5, 5.41) is 13.7. The number of nitrogens with zero attached hydrogens (tertiary/aromatic N) is 1. The van der Waals surface area contributed by atoms with E-state index in [2.05, 4.69) is 5.32 Å². The third kappa shape index (κ3) is 2.36. The first kappa shape index (κ1) is 15.4. The molecule has 2 N–H and O–H groups in total. The van der Waals surface area contributed by atoms with Crippen molar-refractivity contribution in [1.82, 2.24) is 9.88 Å². The van der Waals surface area contributed by atoms with Crippen molar-refractivity contribution in [3.8, 4) is 5.75 Å². The van der Waals surface area contributed by atoms with Gasteiger partial charge in [-0.05, 0) is 24.3 Å². The molecule has 0 saturated carbocycles. The van der Waals surface area contributed by atoms with Gasteiger partial charge in [0.2, 0.25) is 0 Å². The number of aliphatic hydroxyl groups is 1. The molecule has 0 radical (unpaired) electrons. The zero-order valence-electron chi connectivity index (χ0n) is 13.6. The molecule has 0 bridgehead atoms. The predicted molar refractivity (Wildman–Crippen MR) is 86.2 cm³/mol. The van der Waals surface area contributed by atoms with Gasteiger partial charge in [0.15, 0.2) is 0 Å². The first-order chi connectivity index (χ1) is 11.6. The van der Waals surface area contributed by atoms with Crippen LogP contribution in [0.1, 0.15) is 10.5 Å². The number of nitrogens with one attached hydrogen (secondary N) is 1. The zero-order valence-corrected chi connectivity index (χ0v) is 13.6. The number of benzene rings is 1. The fourth-order valence-electron chi connectivity index (χ4n) is 3.52. The Morgan fingerprint density at radius 2 is 2.08 bits per heavy atom. The molecule has 2 aliphatic heterocycles. The van der Waals surface area contributed by atoms with E-state index in [4.69, 9.17) is 14.2 Å². The summed E-state index contributed by atoms with van der Waals surface area (Å²) in [6, 6.07) is 7.28. The van der Waals surface area contributed by atoms with E-state index in [-0.39, 0.29) is 30.8 Å². The number of hydrogen-bond acceptors (Lipinski definition) is 5. The molecule has 24 heavy (non-hydrogen) atoms. The Morgan fingerprint density at radius 1 is 1.29 bits per heavy atom. The number of carbonyl (C=O) groups excluding carboxylic acids is 1. The molecule has 2 aromatic rings. The van der Waals surface area contributed by atoms with E-state index in [1.54, 1.807) is 7.11 Å². The molecule has 0 spiro atoms. The Morgan fingerprint density at radius 3 is 2.88 bits per heavy atom. The van der Waals surface area contributed by atoms with Crippen LogP contribution in [0.3, 0.4) is 0 Å². The molecule has 1 amide bonds. The predicted octanol–water partition coefficient (Wildman–Crippen LogP) is 0.444. The van der Waals surface area contributed by atoms with Crippen molar-refractivity contribution in [3.63, 3.8) is 0 Å². The standard InChI is InChI=1S/C17H20N2O5/c1-19-12-4-3-10(22-2)5-9(12)6-13(19)17(21)18-11-7-23-16-14(20)8-24-15(11)16/h3-6,11,14-16,20H,7-8H2,1-2H3,(H,18,21)/t11-,14-,15-,16-/m1/s1. The molecule has 0 aliphatic carbocycles. The summed E-state index contributed by atoms with van der Waals surface area (Å²) in [5.41, 5.74) is 1.51. The number of methoxy groups -OCH3 is 1. The van der Waals surface area contributed by atoms with Crippen molar-refractivity contribution in [1.29, 1.82) is 0 Å². The minimum Gasteiger partial charge on any atom is -0.497 e. The molecule has 128 valence electrons. The molecule has 3 heterocycles. The Bertz CT molecular complexity index is 787. The van der Waals surface area contributed by atoms with Gasteiger partial charge in [0.25, 0.3) is 5.91 Å². The number of amides is 1. The average molecular weight is 332 g/mol. The van der Waals surface area contributed by atoms with Gasteiger partial charge in [0.1, 0.15) is 29.8 Å². The number of aromatic nitrogens is 1. The SMILES string of the molecule is COc1ccc2c(c1)cc(C(=O)N[C@@H]1CO[C@H]3[C@@H]1OC[C@H]3O)n2C. The second-order valence-corrected chi connectivity index (χ2v) is 6.26. The van der Waals surface area contributed by atoms with Gasteiger partial charge in [-0.25, -0.2) is 0 Å². The van der Waals surface area contributed by atoms with E-state index in [0.29, 0.717) is 12.3 Å². The zero-order chi connectivity index (χ0) is 16.8. The Kier molecular flexibility index (Phi) is 3.71. The van der Waals surface area contributed by atoms with E-state index in [0.717, 1.165) is 16.7 Å². The normalized spacial score (nSPS) is 29.0. The Labute approximate surface area is 139 Å². The van der Waals surface area contributed by atoms with Gasteiger partial charge in [-0.1, -0.05) is 0 Å². The molecular weight excluding hydrogens is 312 g/mol. The molecule has 2 aliphatic rings. The number of hydrogen-bond donors (Lipinski definition) is 2. The smallest absolute Gasteiger partial charge is 0.268 e. The third-order valence-electron chi connectivity index (χ3n) is 4.83. The van der Waals surface area contributed by atoms with Crippen LogP contribution in [-0.2, 0) is 16.5 Å². The first-order valence-electron chi connectivity index (χ1n) is 7.94. The molecule has 1 aromatic carbocycles. The summed E-state index contributed by atoms with van der Waals surface area (Å²) in [6.07, 6.45) is -1.27. The number of ether oxygens (including phenoxy) is 3. The van der Waals surface area contributed by atoms with Crippen molar-refractivity contribution < 1.29 is 24.1 Å². The molecule has 7 heteroatoms. The van der Waals surface area contributed by atoms with Gasteiger partial charge in [0, 0.05) is 18.0 Å². The molecule has 1 aromatic heterocycles. The maximum absolute atomic E-state index is 12.7. The molecule has 7 nitrogen and oxygen atoms in total. The van der Waals surface area contributed by atoms with Crippen molar-refractivity contribution in [3.05, 3.63) is 30.0 Å². The molecular formula is C17H20N2O5. The van der Waals surface area contributed by atoms with Crippen LogP contribution in [-0.4, -0.2) is 60.3 Å². The van der Waals surface area contributed by atoms with E-state index >= 15 is 0 Å². The highest BCUT2D eigenvalue weighted by molar-refractivity contribution is 5.99. The highest BCUT2D eigenvalue weighted by Gasteiger charge is 2.47. The number of aliphatic hydroxyl groups excluding tert-OH is 1. The van der Waals surface area contributed by atoms with E-state index in [9.17, 15) is 9.90 Å². The van der Waals surface area contributed by atoms with Crippen LogP contribution in [0.2, 0.25) is 0 Å². The van der Waals surface area contributed by atoms with Crippen LogP contribution in [0.15, 0.2) is 24.3 Å². The lowest BCUT2D eigenvalue weighted by molar-refractivity contribution is 0.0178. The summed E-state index contributed by atoms with van der Waals surface area (Å²) >= 11 is 0. The van der Waals surface area contributed by atoms with Crippen molar-refractivity contribution in [2.75, 3.05) is 20.3 Å². The van der Waals surface area contributed by atoms with Gasteiger partial charge in [-0.15, -0.1) is 0 Å². The minimum atomic E-state index is -0.623. The van der Waals surface area contributed by atoms with E-state index < -0.39 is 6.10 Å². The first-order valence-corrected chi connectivity index (χ1v) is 7.94. The van der Waals surface area contributed by atoms with Crippen molar-refractivity contribution in [2.45, 2.75) is 24.4 Å². The quantitative estimate of drug-likeness (QED) is 0.853. The average Bonchev–Trinajstić information content (AvgIpc) is 3.24. The van der Waals surface area contributed by atoms with Crippen molar-refractivity contribution >= 4 is 16.8 Å². The number of carbonyl (C=O) groups is 1. The molecule has 4 rings (SSSR count). The fraction of sp³-hybridized carbons (Fsp3) is 0.471. The molecule has 0 unspecified atom stereocenters. The topological polar surface area (TPSA) is 82.0 Å². The monoisotopic (exact) mass is 332 g/mol. The second-order valence-electron chi connectivity index (χ2n) is 6.26. The maximum Gasteiger partial charge on any atom is 0.268 e. The highest BCUT2D eigenvalue weighted by Crippen LogP contribution is 2.28. The van der Waals surface area contributed by atoms with Crippen LogP contribution in [0.5, 0.6) is 5.75 Å².